The molecule has 0 heterocycles. The van der Waals surface area contributed by atoms with E-state index in [9.17, 15) is 14.0 Å². The first-order valence-electron chi connectivity index (χ1n) is 5.07. The van der Waals surface area contributed by atoms with E-state index < -0.39 is 24.3 Å². The molecule has 96 valence electrons. The van der Waals surface area contributed by atoms with E-state index in [-0.39, 0.29) is 10.7 Å². The van der Waals surface area contributed by atoms with Crippen LogP contribution in [0.3, 0.4) is 0 Å². The third-order valence-corrected chi connectivity index (χ3v) is 2.09. The Bertz CT molecular complexity index is 488. The van der Waals surface area contributed by atoms with Gasteiger partial charge >= 0.3 is 5.97 Å². The van der Waals surface area contributed by atoms with E-state index in [1.807, 2.05) is 0 Å². The molecule has 0 bridgehead atoms. The van der Waals surface area contributed by atoms with Crippen molar-refractivity contribution in [2.75, 3.05) is 11.9 Å². The fourth-order valence-corrected chi connectivity index (χ4v) is 1.27. The Hall–Kier alpha value is -1.88. The Morgan fingerprint density at radius 3 is 2.89 bits per heavy atom. The molecule has 0 aliphatic heterocycles. The lowest BCUT2D eigenvalue weighted by atomic mass is 10.3. The average Bonchev–Trinajstić information content (AvgIpc) is 2.32. The normalized spacial score (nSPS) is 10.4. The molecule has 1 N–H and O–H groups in total. The summed E-state index contributed by atoms with van der Waals surface area (Å²) in [6.45, 7) is 1.15. The highest BCUT2D eigenvalue weighted by molar-refractivity contribution is 6.30. The van der Waals surface area contributed by atoms with Gasteiger partial charge in [-0.15, -0.1) is 0 Å². The van der Waals surface area contributed by atoms with E-state index in [1.165, 1.54) is 24.3 Å². The van der Waals surface area contributed by atoms with Crippen LogP contribution in [0.5, 0.6) is 0 Å². The number of rotatable bonds is 4. The molecule has 0 unspecified atom stereocenters. The molecule has 0 spiro atoms. The number of anilines is 1. The van der Waals surface area contributed by atoms with Crippen molar-refractivity contribution in [2.45, 2.75) is 6.92 Å². The number of hydrogen-bond acceptors (Lipinski definition) is 3. The van der Waals surface area contributed by atoms with Gasteiger partial charge in [0.2, 0.25) is 0 Å². The number of esters is 1. The maximum absolute atomic E-state index is 13.3. The van der Waals surface area contributed by atoms with Crippen LogP contribution < -0.4 is 5.32 Å². The zero-order valence-electron chi connectivity index (χ0n) is 9.57. The molecule has 0 radical (unpaired) electrons. The second kappa shape index (κ2) is 6.76. The number of halogens is 2. The smallest absolute Gasteiger partial charge is 0.330 e. The molecule has 1 aromatic carbocycles. The van der Waals surface area contributed by atoms with Gasteiger partial charge in [-0.05, 0) is 25.1 Å². The van der Waals surface area contributed by atoms with Crippen molar-refractivity contribution in [1.29, 1.82) is 0 Å². The first kappa shape index (κ1) is 14.2. The zero-order chi connectivity index (χ0) is 13.5. The van der Waals surface area contributed by atoms with Crippen molar-refractivity contribution in [3.63, 3.8) is 0 Å². The van der Waals surface area contributed by atoms with Gasteiger partial charge in [0, 0.05) is 11.1 Å². The van der Waals surface area contributed by atoms with Crippen LogP contribution in [0.25, 0.3) is 0 Å². The highest BCUT2D eigenvalue weighted by atomic mass is 35.5. The van der Waals surface area contributed by atoms with E-state index >= 15 is 0 Å². The van der Waals surface area contributed by atoms with E-state index in [0.717, 1.165) is 6.07 Å². The quantitative estimate of drug-likeness (QED) is 0.676. The summed E-state index contributed by atoms with van der Waals surface area (Å²) in [6.07, 6.45) is 2.66. The number of benzene rings is 1. The maximum atomic E-state index is 13.3. The second-order valence-electron chi connectivity index (χ2n) is 3.28. The minimum Gasteiger partial charge on any atom is -0.452 e. The molecule has 1 aromatic rings. The number of hydrogen-bond donors (Lipinski definition) is 1. The molecule has 0 aromatic heterocycles. The standard InChI is InChI=1S/C12H11ClFNO3/c1-2-3-12(17)18-7-11(16)15-10-6-8(13)4-5-9(10)14/h2-6H,7H2,1H3,(H,15,16)/b3-2+. The molecule has 0 aliphatic rings. The van der Waals surface area contributed by atoms with Crippen LogP contribution in [0.4, 0.5) is 10.1 Å². The highest BCUT2D eigenvalue weighted by Crippen LogP contribution is 2.19. The second-order valence-corrected chi connectivity index (χ2v) is 3.72. The fourth-order valence-electron chi connectivity index (χ4n) is 1.10. The zero-order valence-corrected chi connectivity index (χ0v) is 10.3. The summed E-state index contributed by atoms with van der Waals surface area (Å²) >= 11 is 5.66. The lowest BCUT2D eigenvalue weighted by molar-refractivity contribution is -0.142. The van der Waals surface area contributed by atoms with Crippen LogP contribution in [-0.2, 0) is 14.3 Å². The summed E-state index contributed by atoms with van der Waals surface area (Å²) < 4.78 is 17.9. The Labute approximate surface area is 108 Å². The van der Waals surface area contributed by atoms with E-state index in [0.29, 0.717) is 0 Å². The first-order valence-corrected chi connectivity index (χ1v) is 5.45. The van der Waals surface area contributed by atoms with Crippen molar-refractivity contribution >= 4 is 29.2 Å². The number of amides is 1. The van der Waals surface area contributed by atoms with Gasteiger partial charge in [0.05, 0.1) is 5.69 Å². The van der Waals surface area contributed by atoms with Gasteiger partial charge < -0.3 is 10.1 Å². The summed E-state index contributed by atoms with van der Waals surface area (Å²) in [7, 11) is 0. The largest absolute Gasteiger partial charge is 0.452 e. The third kappa shape index (κ3) is 4.55. The van der Waals surface area contributed by atoms with Crippen LogP contribution in [0, 0.1) is 5.82 Å². The summed E-state index contributed by atoms with van der Waals surface area (Å²) in [5.41, 5.74) is -0.0606. The van der Waals surface area contributed by atoms with Gasteiger partial charge in [0.1, 0.15) is 5.82 Å². The minimum atomic E-state index is -0.644. The van der Waals surface area contributed by atoms with Crippen molar-refractivity contribution in [1.82, 2.24) is 0 Å². The molecule has 0 aliphatic carbocycles. The predicted octanol–water partition coefficient (Wildman–Crippen LogP) is 2.54. The Kier molecular flexibility index (Phi) is 5.32. The number of carbonyl (C=O) groups excluding carboxylic acids is 2. The minimum absolute atomic E-state index is 0.0606. The lowest BCUT2D eigenvalue weighted by Crippen LogP contribution is -2.20. The van der Waals surface area contributed by atoms with Crippen molar-refractivity contribution < 1.29 is 18.7 Å². The number of carbonyl (C=O) groups is 2. The SMILES string of the molecule is C/C=C/C(=O)OCC(=O)Nc1cc(Cl)ccc1F. The molecule has 4 nitrogen and oxygen atoms in total. The Morgan fingerprint density at radius 1 is 1.50 bits per heavy atom. The van der Waals surface area contributed by atoms with Gasteiger partial charge in [-0.3, -0.25) is 4.79 Å². The molecule has 0 saturated heterocycles. The molecular weight excluding hydrogens is 261 g/mol. The van der Waals surface area contributed by atoms with Gasteiger partial charge in [-0.1, -0.05) is 17.7 Å². The summed E-state index contributed by atoms with van der Waals surface area (Å²) in [4.78, 5) is 22.3. The summed E-state index contributed by atoms with van der Waals surface area (Å²) in [5, 5.41) is 2.54. The average molecular weight is 272 g/mol. The molecule has 0 atom stereocenters. The van der Waals surface area contributed by atoms with Crippen LogP contribution >= 0.6 is 11.6 Å². The fraction of sp³-hybridized carbons (Fsp3) is 0.167. The molecule has 0 fully saturated rings. The van der Waals surface area contributed by atoms with Crippen LogP contribution in [0.2, 0.25) is 5.02 Å². The van der Waals surface area contributed by atoms with Crippen molar-refractivity contribution in [3.8, 4) is 0 Å². The number of ether oxygens (including phenoxy) is 1. The van der Waals surface area contributed by atoms with Gasteiger partial charge in [0.15, 0.2) is 6.61 Å². The maximum Gasteiger partial charge on any atom is 0.330 e. The topological polar surface area (TPSA) is 55.4 Å². The first-order chi connectivity index (χ1) is 8.52. The number of allylic oxidation sites excluding steroid dienone is 1. The monoisotopic (exact) mass is 271 g/mol. The van der Waals surface area contributed by atoms with Crippen molar-refractivity contribution in [3.05, 3.63) is 41.2 Å². The molecule has 1 amide bonds. The van der Waals surface area contributed by atoms with Gasteiger partial charge in [-0.2, -0.15) is 0 Å². The van der Waals surface area contributed by atoms with E-state index in [1.54, 1.807) is 6.92 Å². The summed E-state index contributed by atoms with van der Waals surface area (Å²) in [6, 6.07) is 3.75. The molecular formula is C12H11ClFNO3. The molecule has 1 rings (SSSR count). The van der Waals surface area contributed by atoms with Crippen molar-refractivity contribution in [2.24, 2.45) is 0 Å². The summed E-state index contributed by atoms with van der Waals surface area (Å²) in [5.74, 6) is -1.90. The number of nitrogens with one attached hydrogen (secondary N) is 1. The molecule has 6 heteroatoms. The van der Waals surface area contributed by atoms with Gasteiger partial charge in [0.25, 0.3) is 5.91 Å². The van der Waals surface area contributed by atoms with E-state index in [4.69, 9.17) is 11.6 Å². The Balaban J connectivity index is 2.54. The molecule has 18 heavy (non-hydrogen) atoms. The third-order valence-electron chi connectivity index (χ3n) is 1.85. The predicted molar refractivity (Wildman–Crippen MR) is 65.8 cm³/mol. The Morgan fingerprint density at radius 2 is 2.22 bits per heavy atom. The molecule has 0 saturated carbocycles. The van der Waals surface area contributed by atoms with Crippen LogP contribution in [-0.4, -0.2) is 18.5 Å². The van der Waals surface area contributed by atoms with Crippen LogP contribution in [0.15, 0.2) is 30.4 Å². The van der Waals surface area contributed by atoms with Gasteiger partial charge in [-0.25, -0.2) is 9.18 Å². The van der Waals surface area contributed by atoms with E-state index in [2.05, 4.69) is 10.1 Å². The van der Waals surface area contributed by atoms with Crippen LogP contribution in [0.1, 0.15) is 6.92 Å². The highest BCUT2D eigenvalue weighted by Gasteiger charge is 2.09. The lowest BCUT2D eigenvalue weighted by Gasteiger charge is -2.06.